The van der Waals surface area contributed by atoms with Crippen molar-refractivity contribution >= 4 is 54.0 Å². The number of hydrogen-bond donors (Lipinski definition) is 3. The van der Waals surface area contributed by atoms with Crippen LogP contribution >= 0.6 is 32.5 Å². The minimum atomic E-state index is -1.44. The smallest absolute Gasteiger partial charge is 0.277 e. The number of aliphatic hydroxyl groups excluding tert-OH is 1. The van der Waals surface area contributed by atoms with Gasteiger partial charge in [-0.2, -0.15) is 11.8 Å². The van der Waals surface area contributed by atoms with Crippen LogP contribution in [0.15, 0.2) is 27.7 Å². The van der Waals surface area contributed by atoms with Gasteiger partial charge in [-0.3, -0.25) is 19.3 Å². The molecule has 0 fully saturated rings. The zero-order chi connectivity index (χ0) is 24.4. The van der Waals surface area contributed by atoms with Gasteiger partial charge in [-0.05, 0) is 22.5 Å². The third kappa shape index (κ3) is 7.81. The van der Waals surface area contributed by atoms with E-state index in [9.17, 15) is 18.4 Å². The molecule has 2 amide bonds. The number of benzene rings is 1. The molecule has 3 N–H and O–H groups in total. The number of rotatable bonds is 12. The average Bonchev–Trinajstić information content (AvgIpc) is 2.79. The lowest BCUT2D eigenvalue weighted by molar-refractivity contribution is -0.185. The highest BCUT2D eigenvalue weighted by Gasteiger charge is 2.26. The van der Waals surface area contributed by atoms with Crippen molar-refractivity contribution in [3.63, 3.8) is 0 Å². The number of amides is 2. The number of halogens is 4. The maximum atomic E-state index is 15.1. The Morgan fingerprint density at radius 1 is 1.24 bits per heavy atom. The van der Waals surface area contributed by atoms with E-state index < -0.39 is 74.4 Å². The third-order valence-electron chi connectivity index (χ3n) is 4.06. The van der Waals surface area contributed by atoms with Crippen LogP contribution in [0.1, 0.15) is 22.8 Å². The van der Waals surface area contributed by atoms with Crippen LogP contribution in [0, 0.1) is 11.6 Å². The van der Waals surface area contributed by atoms with Crippen molar-refractivity contribution in [2.45, 2.75) is 13.5 Å². The second kappa shape index (κ2) is 13.7. The van der Waals surface area contributed by atoms with Crippen LogP contribution in [-0.2, 0) is 21.0 Å². The van der Waals surface area contributed by atoms with Gasteiger partial charge in [-0.25, -0.2) is 23.7 Å². The normalized spacial score (nSPS) is 13.0. The fourth-order valence-electron chi connectivity index (χ4n) is 2.51. The first kappa shape index (κ1) is 27.3. The molecule has 0 spiro atoms. The number of hydrogen-bond acceptors (Lipinski definition) is 7. The number of carbonyl (C=O) groups excluding carboxylic acids is 2. The Hall–Kier alpha value is -1.94. The second-order valence-electron chi connectivity index (χ2n) is 6.39. The van der Waals surface area contributed by atoms with Gasteiger partial charge in [-0.15, -0.1) is 0 Å². The molecule has 0 aromatic heterocycles. The van der Waals surface area contributed by atoms with Gasteiger partial charge in [0.25, 0.3) is 5.91 Å². The summed E-state index contributed by atoms with van der Waals surface area (Å²) in [6.07, 6.45) is 3.22. The molecule has 0 saturated heterocycles. The van der Waals surface area contributed by atoms with E-state index in [1.807, 2.05) is 11.7 Å². The van der Waals surface area contributed by atoms with Crippen LogP contribution in [-0.4, -0.2) is 57.8 Å². The Morgan fingerprint density at radius 2 is 2.00 bits per heavy atom. The molecule has 1 aromatic rings. The topological polar surface area (TPSA) is 100 Å². The zero-order valence-electron chi connectivity index (χ0n) is 17.8. The Kier molecular flexibility index (Phi) is 11.3. The molecule has 0 unspecified atom stereocenters. The Labute approximate surface area is 202 Å². The van der Waals surface area contributed by atoms with E-state index in [1.165, 1.54) is 28.8 Å². The van der Waals surface area contributed by atoms with Crippen molar-refractivity contribution in [1.82, 2.24) is 10.5 Å². The summed E-state index contributed by atoms with van der Waals surface area (Å²) in [4.78, 5) is 34.6. The average molecular weight is 601 g/mol. The molecule has 1 aliphatic heterocycles. The molecule has 0 saturated carbocycles. The third-order valence-corrected chi connectivity index (χ3v) is 6.32. The number of thioether (sulfide) groups is 1. The van der Waals surface area contributed by atoms with E-state index in [0.717, 1.165) is 11.1 Å². The first-order valence-electron chi connectivity index (χ1n) is 9.52. The number of allylic oxidation sites excluding steroid dienone is 2. The summed E-state index contributed by atoms with van der Waals surface area (Å²) in [7, 11) is 0. The predicted molar refractivity (Wildman–Crippen MR) is 128 cm³/mol. The number of anilines is 1. The Morgan fingerprint density at radius 3 is 2.64 bits per heavy atom. The van der Waals surface area contributed by atoms with Crippen LogP contribution in [0.2, 0.25) is 0 Å². The summed E-state index contributed by atoms with van der Waals surface area (Å²) < 4.78 is 47.2. The van der Waals surface area contributed by atoms with Crippen LogP contribution in [0.4, 0.5) is 18.9 Å². The summed E-state index contributed by atoms with van der Waals surface area (Å²) in [5.74, 6) is -4.38. The molecular weight excluding hydrogens is 578 g/mol. The Bertz CT molecular complexity index is 975. The largest absolute Gasteiger partial charge is 0.394 e. The molecule has 0 aliphatic carbocycles. The van der Waals surface area contributed by atoms with Gasteiger partial charge < -0.3 is 10.4 Å². The molecule has 0 bridgehead atoms. The zero-order valence-corrected chi connectivity index (χ0v) is 20.8. The van der Waals surface area contributed by atoms with Gasteiger partial charge in [0.1, 0.15) is 0 Å². The van der Waals surface area contributed by atoms with Gasteiger partial charge in [0.2, 0.25) is 5.91 Å². The first-order chi connectivity index (χ1) is 15.8. The highest BCUT2D eigenvalue weighted by molar-refractivity contribution is 14.2. The molecule has 2 rings (SSSR count). The minimum Gasteiger partial charge on any atom is -0.394 e. The van der Waals surface area contributed by atoms with Crippen molar-refractivity contribution in [1.29, 1.82) is 0 Å². The molecular formula is C20H23F3IN3O5S. The fraction of sp³-hybridized carbons (Fsp3) is 0.350. The van der Waals surface area contributed by atoms with Crippen molar-refractivity contribution in [2.75, 3.05) is 37.1 Å². The standard InChI is InChI=1S/C20H23F3IN3O5S/c1-12(29)27(32-7-8-33-2)11-13-9-14(20(30)26-31-6-5-28)19(18(23)17(13)22)25-16-3-4-24-10-15(16)21/h3-4,9-10,25,28H,5-8,11H2,1-2H3,(H,26,30). The summed E-state index contributed by atoms with van der Waals surface area (Å²) >= 11 is 0.845. The fourth-order valence-corrected chi connectivity index (χ4v) is 4.18. The maximum absolute atomic E-state index is 15.1. The summed E-state index contributed by atoms with van der Waals surface area (Å²) in [6.45, 7) is 0.250. The molecule has 33 heavy (non-hydrogen) atoms. The van der Waals surface area contributed by atoms with Crippen LogP contribution in [0.5, 0.6) is 0 Å². The van der Waals surface area contributed by atoms with E-state index in [0.29, 0.717) is 5.75 Å². The molecule has 8 nitrogen and oxygen atoms in total. The van der Waals surface area contributed by atoms with Crippen molar-refractivity contribution in [2.24, 2.45) is 0 Å². The lowest BCUT2D eigenvalue weighted by atomic mass is 10.1. The number of hydroxylamine groups is 3. The molecule has 182 valence electrons. The molecule has 0 radical (unpaired) electrons. The Balaban J connectivity index is 2.46. The minimum absolute atomic E-state index is 0.136. The van der Waals surface area contributed by atoms with E-state index in [1.54, 1.807) is 4.08 Å². The molecule has 1 aliphatic rings. The molecule has 0 atom stereocenters. The molecule has 1 heterocycles. The van der Waals surface area contributed by atoms with Crippen LogP contribution < -0.4 is 10.8 Å². The van der Waals surface area contributed by atoms with E-state index in [4.69, 9.17) is 14.8 Å². The quantitative estimate of drug-likeness (QED) is 0.192. The van der Waals surface area contributed by atoms with Crippen molar-refractivity contribution < 1.29 is 37.5 Å². The van der Waals surface area contributed by atoms with Gasteiger partial charge in [0.05, 0.1) is 43.3 Å². The van der Waals surface area contributed by atoms with E-state index >= 15 is 4.39 Å². The van der Waals surface area contributed by atoms with Gasteiger partial charge in [0.15, 0.2) is 17.5 Å². The summed E-state index contributed by atoms with van der Waals surface area (Å²) in [5.41, 5.74) is 0.526. The molecule has 1 aromatic carbocycles. The summed E-state index contributed by atoms with van der Waals surface area (Å²) in [6, 6.07) is 1.02. The van der Waals surface area contributed by atoms with Crippen molar-refractivity contribution in [3.8, 4) is 0 Å². The second-order valence-corrected chi connectivity index (χ2v) is 9.43. The monoisotopic (exact) mass is 601 g/mol. The molecule has 13 heteroatoms. The number of carbonyl (C=O) groups is 2. The van der Waals surface area contributed by atoms with Crippen LogP contribution in [0.25, 0.3) is 0 Å². The van der Waals surface area contributed by atoms with E-state index in [2.05, 4.69) is 5.32 Å². The number of aliphatic hydroxyl groups is 1. The highest BCUT2D eigenvalue weighted by Crippen LogP contribution is 2.30. The van der Waals surface area contributed by atoms with Gasteiger partial charge >= 0.3 is 0 Å². The van der Waals surface area contributed by atoms with E-state index in [-0.39, 0.29) is 24.5 Å². The highest BCUT2D eigenvalue weighted by atomic mass is 127. The summed E-state index contributed by atoms with van der Waals surface area (Å²) in [5, 5.41) is 12.1. The lowest BCUT2D eigenvalue weighted by Gasteiger charge is -2.22. The maximum Gasteiger partial charge on any atom is 0.277 e. The van der Waals surface area contributed by atoms with Gasteiger partial charge in [0, 0.05) is 22.3 Å². The SMILES string of the molecule is CSCCON(Cc1cc(C(=O)NOCCO)c(NC2=C(F)C=IC=C2)c(F)c1F)C(C)=O. The lowest BCUT2D eigenvalue weighted by Crippen LogP contribution is -2.31. The number of nitrogens with zero attached hydrogens (tertiary/aromatic N) is 1. The predicted octanol–water partition coefficient (Wildman–Crippen LogP) is 3.15. The van der Waals surface area contributed by atoms with Gasteiger partial charge in [-0.1, -0.05) is 20.7 Å². The number of nitrogens with one attached hydrogen (secondary N) is 2. The van der Waals surface area contributed by atoms with Crippen molar-refractivity contribution in [3.05, 3.63) is 50.5 Å². The van der Waals surface area contributed by atoms with Crippen LogP contribution in [0.3, 0.4) is 0 Å². The first-order valence-corrected chi connectivity index (χ1v) is 13.4.